The Kier molecular flexibility index (Phi) is 6.53. The lowest BCUT2D eigenvalue weighted by atomic mass is 9.89. The Hall–Kier alpha value is -2.19. The zero-order valence-electron chi connectivity index (χ0n) is 17.1. The highest BCUT2D eigenvalue weighted by atomic mass is 32.2. The minimum Gasteiger partial charge on any atom is -0.351 e. The monoisotopic (exact) mass is 431 g/mol. The SMILES string of the molecule is O=C(NCC1CCCCC1)c1cc([C@@H]2CCCN(S(=O)(=O)c3ccccc3)C2)no1. The van der Waals surface area contributed by atoms with Crippen LogP contribution < -0.4 is 5.32 Å². The number of hydrogen-bond donors (Lipinski definition) is 1. The molecule has 1 saturated carbocycles. The Labute approximate surface area is 177 Å². The highest BCUT2D eigenvalue weighted by Gasteiger charge is 2.32. The second-order valence-corrected chi connectivity index (χ2v) is 10.3. The van der Waals surface area contributed by atoms with Gasteiger partial charge in [0.15, 0.2) is 0 Å². The Morgan fingerprint density at radius 1 is 1.10 bits per heavy atom. The number of hydrogen-bond acceptors (Lipinski definition) is 5. The van der Waals surface area contributed by atoms with Crippen LogP contribution in [0, 0.1) is 5.92 Å². The van der Waals surface area contributed by atoms with Crippen molar-refractivity contribution < 1.29 is 17.7 Å². The molecule has 1 amide bonds. The number of aromatic nitrogens is 1. The van der Waals surface area contributed by atoms with Gasteiger partial charge in [-0.1, -0.05) is 42.6 Å². The van der Waals surface area contributed by atoms with Gasteiger partial charge in [-0.25, -0.2) is 8.42 Å². The third-order valence-electron chi connectivity index (χ3n) is 6.21. The van der Waals surface area contributed by atoms with Gasteiger partial charge in [0.25, 0.3) is 5.91 Å². The number of piperidine rings is 1. The van der Waals surface area contributed by atoms with Gasteiger partial charge in [0, 0.05) is 31.6 Å². The van der Waals surface area contributed by atoms with E-state index in [-0.39, 0.29) is 17.6 Å². The topological polar surface area (TPSA) is 92.5 Å². The standard InChI is InChI=1S/C22H29N3O4S/c26-22(23-15-17-8-3-1-4-9-17)21-14-20(24-29-21)18-10-7-13-25(16-18)30(27,28)19-11-5-2-6-12-19/h2,5-6,11-12,14,17-18H,1,3-4,7-10,13,15-16H2,(H,23,26)/t18-/m1/s1. The van der Waals surface area contributed by atoms with E-state index >= 15 is 0 Å². The molecule has 4 rings (SSSR count). The van der Waals surface area contributed by atoms with Gasteiger partial charge in [0.05, 0.1) is 10.6 Å². The van der Waals surface area contributed by atoms with Crippen LogP contribution in [0.2, 0.25) is 0 Å². The largest absolute Gasteiger partial charge is 0.351 e. The van der Waals surface area contributed by atoms with E-state index in [4.69, 9.17) is 4.52 Å². The number of benzene rings is 1. The maximum Gasteiger partial charge on any atom is 0.289 e. The average Bonchev–Trinajstić information content (AvgIpc) is 3.29. The second kappa shape index (κ2) is 9.31. The van der Waals surface area contributed by atoms with E-state index in [2.05, 4.69) is 10.5 Å². The molecule has 0 spiro atoms. The van der Waals surface area contributed by atoms with E-state index in [1.54, 1.807) is 36.4 Å². The summed E-state index contributed by atoms with van der Waals surface area (Å²) in [6.07, 6.45) is 7.64. The maximum atomic E-state index is 12.9. The molecule has 2 fully saturated rings. The first-order valence-electron chi connectivity index (χ1n) is 10.8. The van der Waals surface area contributed by atoms with Crippen molar-refractivity contribution in [2.75, 3.05) is 19.6 Å². The van der Waals surface area contributed by atoms with Crippen LogP contribution in [0.3, 0.4) is 0 Å². The van der Waals surface area contributed by atoms with Crippen LogP contribution in [-0.4, -0.2) is 43.4 Å². The molecule has 7 nitrogen and oxygen atoms in total. The molecule has 1 saturated heterocycles. The van der Waals surface area contributed by atoms with Crippen molar-refractivity contribution in [3.8, 4) is 0 Å². The molecule has 1 aliphatic heterocycles. The Morgan fingerprint density at radius 2 is 1.87 bits per heavy atom. The third-order valence-corrected chi connectivity index (χ3v) is 8.09. The van der Waals surface area contributed by atoms with Crippen molar-refractivity contribution in [2.24, 2.45) is 5.92 Å². The molecule has 2 aliphatic rings. The summed E-state index contributed by atoms with van der Waals surface area (Å²) in [5.74, 6) is 0.411. The fraction of sp³-hybridized carbons (Fsp3) is 0.545. The van der Waals surface area contributed by atoms with E-state index in [0.29, 0.717) is 36.1 Å². The van der Waals surface area contributed by atoms with Gasteiger partial charge < -0.3 is 9.84 Å². The zero-order chi connectivity index (χ0) is 21.0. The molecule has 1 aromatic carbocycles. The lowest BCUT2D eigenvalue weighted by molar-refractivity contribution is 0.0906. The first-order chi connectivity index (χ1) is 14.5. The van der Waals surface area contributed by atoms with Gasteiger partial charge >= 0.3 is 0 Å². The molecule has 30 heavy (non-hydrogen) atoms. The van der Waals surface area contributed by atoms with Crippen LogP contribution >= 0.6 is 0 Å². The number of amides is 1. The molecule has 1 aromatic heterocycles. The smallest absolute Gasteiger partial charge is 0.289 e. The first kappa shape index (κ1) is 21.1. The number of nitrogens with zero attached hydrogens (tertiary/aromatic N) is 2. The van der Waals surface area contributed by atoms with Gasteiger partial charge in [0.1, 0.15) is 0 Å². The molecule has 0 radical (unpaired) electrons. The number of sulfonamides is 1. The molecular weight excluding hydrogens is 402 g/mol. The molecule has 2 aromatic rings. The Bertz CT molecular complexity index is 952. The average molecular weight is 432 g/mol. The Morgan fingerprint density at radius 3 is 2.63 bits per heavy atom. The van der Waals surface area contributed by atoms with E-state index in [1.165, 1.54) is 23.6 Å². The second-order valence-electron chi connectivity index (χ2n) is 8.35. The van der Waals surface area contributed by atoms with Gasteiger partial charge in [-0.3, -0.25) is 4.79 Å². The van der Waals surface area contributed by atoms with Gasteiger partial charge in [-0.2, -0.15) is 4.31 Å². The quantitative estimate of drug-likeness (QED) is 0.755. The highest BCUT2D eigenvalue weighted by molar-refractivity contribution is 7.89. The van der Waals surface area contributed by atoms with Gasteiger partial charge in [-0.05, 0) is 43.7 Å². The van der Waals surface area contributed by atoms with E-state index in [0.717, 1.165) is 25.7 Å². The van der Waals surface area contributed by atoms with Crippen LogP contribution in [0.25, 0.3) is 0 Å². The van der Waals surface area contributed by atoms with Crippen molar-refractivity contribution in [1.29, 1.82) is 0 Å². The molecule has 1 aliphatic carbocycles. The number of rotatable bonds is 6. The summed E-state index contributed by atoms with van der Waals surface area (Å²) in [5.41, 5.74) is 0.644. The van der Waals surface area contributed by atoms with Gasteiger partial charge in [-0.15, -0.1) is 0 Å². The third kappa shape index (κ3) is 4.75. The maximum absolute atomic E-state index is 12.9. The van der Waals surface area contributed by atoms with E-state index in [9.17, 15) is 13.2 Å². The number of carbonyl (C=O) groups is 1. The lowest BCUT2D eigenvalue weighted by Crippen LogP contribution is -2.39. The molecule has 162 valence electrons. The molecule has 0 unspecified atom stereocenters. The van der Waals surface area contributed by atoms with Crippen molar-refractivity contribution in [2.45, 2.75) is 55.8 Å². The van der Waals surface area contributed by atoms with Crippen molar-refractivity contribution >= 4 is 15.9 Å². The minimum atomic E-state index is -3.54. The fourth-order valence-electron chi connectivity index (χ4n) is 4.45. The molecule has 8 heteroatoms. The first-order valence-corrected chi connectivity index (χ1v) is 12.3. The van der Waals surface area contributed by atoms with Gasteiger partial charge in [0.2, 0.25) is 15.8 Å². The highest BCUT2D eigenvalue weighted by Crippen LogP contribution is 2.30. The molecule has 1 N–H and O–H groups in total. The molecule has 0 bridgehead atoms. The fourth-order valence-corrected chi connectivity index (χ4v) is 5.99. The van der Waals surface area contributed by atoms with Crippen LogP contribution in [-0.2, 0) is 10.0 Å². The van der Waals surface area contributed by atoms with Crippen molar-refractivity contribution in [3.63, 3.8) is 0 Å². The minimum absolute atomic E-state index is 0.0825. The molecule has 1 atom stereocenters. The zero-order valence-corrected chi connectivity index (χ0v) is 17.9. The van der Waals surface area contributed by atoms with Crippen molar-refractivity contribution in [1.82, 2.24) is 14.8 Å². The summed E-state index contributed by atoms with van der Waals surface area (Å²) in [6, 6.07) is 10.1. The Balaban J connectivity index is 1.38. The van der Waals surface area contributed by atoms with Crippen molar-refractivity contribution in [3.05, 3.63) is 47.9 Å². The van der Waals surface area contributed by atoms with E-state index in [1.807, 2.05) is 0 Å². The number of carbonyl (C=O) groups excluding carboxylic acids is 1. The molecule has 2 heterocycles. The van der Waals surface area contributed by atoms with Crippen LogP contribution in [0.15, 0.2) is 45.8 Å². The molecular formula is C22H29N3O4S. The summed E-state index contributed by atoms with van der Waals surface area (Å²) in [4.78, 5) is 12.7. The summed E-state index contributed by atoms with van der Waals surface area (Å²) in [7, 11) is -3.54. The predicted molar refractivity (Wildman–Crippen MR) is 113 cm³/mol. The van der Waals surface area contributed by atoms with E-state index < -0.39 is 10.0 Å². The van der Waals surface area contributed by atoms with Crippen LogP contribution in [0.5, 0.6) is 0 Å². The summed E-state index contributed by atoms with van der Waals surface area (Å²) >= 11 is 0. The lowest BCUT2D eigenvalue weighted by Gasteiger charge is -2.30. The normalized spacial score (nSPS) is 21.4. The number of nitrogens with one attached hydrogen (secondary N) is 1. The summed E-state index contributed by atoms with van der Waals surface area (Å²) < 4.78 is 32.7. The summed E-state index contributed by atoms with van der Waals surface area (Å²) in [6.45, 7) is 1.49. The van der Waals surface area contributed by atoms with Crippen LogP contribution in [0.4, 0.5) is 0 Å². The van der Waals surface area contributed by atoms with Crippen LogP contribution in [0.1, 0.15) is 67.1 Å². The predicted octanol–water partition coefficient (Wildman–Crippen LogP) is 3.55. The summed E-state index contributed by atoms with van der Waals surface area (Å²) in [5, 5.41) is 7.05.